The first kappa shape index (κ1) is 15.6. The maximum Gasteiger partial charge on any atom is 0.281 e. The maximum absolute atomic E-state index is 13.0. The number of aryl methyl sites for hydroxylation is 2. The van der Waals surface area contributed by atoms with Crippen LogP contribution in [0, 0.1) is 13.8 Å². The third-order valence-corrected chi connectivity index (χ3v) is 4.74. The first-order valence-corrected chi connectivity index (χ1v) is 8.25. The van der Waals surface area contributed by atoms with Crippen LogP contribution in [0.25, 0.3) is 0 Å². The van der Waals surface area contributed by atoms with Crippen molar-refractivity contribution in [3.8, 4) is 0 Å². The zero-order valence-electron chi connectivity index (χ0n) is 14.2. The monoisotopic (exact) mass is 334 g/mol. The number of oxime groups is 1. The molecule has 0 aromatic heterocycles. The van der Waals surface area contributed by atoms with Gasteiger partial charge in [0.05, 0.1) is 17.8 Å². The summed E-state index contributed by atoms with van der Waals surface area (Å²) in [6.45, 7) is 3.97. The lowest BCUT2D eigenvalue weighted by Gasteiger charge is -2.19. The average Bonchev–Trinajstić information content (AvgIpc) is 3.12. The van der Waals surface area contributed by atoms with Crippen LogP contribution in [0.3, 0.4) is 0 Å². The van der Waals surface area contributed by atoms with Crippen molar-refractivity contribution in [2.24, 2.45) is 5.16 Å². The van der Waals surface area contributed by atoms with Crippen molar-refractivity contribution < 1.29 is 14.4 Å². The Bertz CT molecular complexity index is 884. The highest BCUT2D eigenvalue weighted by atomic mass is 16.7. The molecule has 25 heavy (non-hydrogen) atoms. The molecule has 1 saturated heterocycles. The highest BCUT2D eigenvalue weighted by Crippen LogP contribution is 2.39. The van der Waals surface area contributed by atoms with E-state index in [9.17, 15) is 9.59 Å². The lowest BCUT2D eigenvalue weighted by Crippen LogP contribution is -2.40. The number of rotatable bonds is 2. The molecule has 2 aliphatic rings. The van der Waals surface area contributed by atoms with Gasteiger partial charge in [0, 0.05) is 6.42 Å². The Hall–Kier alpha value is -2.95. The molecule has 2 aromatic carbocycles. The second-order valence-electron chi connectivity index (χ2n) is 6.71. The standard InChI is InChI=1S/C20H18N2O3/c1-13-3-7-15(8-4-13)17-11-20(25-21-17)12-18(23)22(19(20)24)16-9-5-14(2)6-10-16/h3-10H,11-12H2,1-2H3/t20-/m0/s1. The van der Waals surface area contributed by atoms with Crippen LogP contribution in [0.5, 0.6) is 0 Å². The quantitative estimate of drug-likeness (QED) is 0.793. The number of anilines is 1. The summed E-state index contributed by atoms with van der Waals surface area (Å²) in [6, 6.07) is 15.2. The molecule has 2 heterocycles. The largest absolute Gasteiger partial charge is 0.378 e. The minimum absolute atomic E-state index is 0.0125. The molecule has 0 bridgehead atoms. The van der Waals surface area contributed by atoms with Gasteiger partial charge in [-0.1, -0.05) is 52.7 Å². The summed E-state index contributed by atoms with van der Waals surface area (Å²) >= 11 is 0. The van der Waals surface area contributed by atoms with Gasteiger partial charge in [0.2, 0.25) is 11.5 Å². The SMILES string of the molecule is Cc1ccc(C2=NO[C@]3(CC(=O)N(c4ccc(C)cc4)C3=O)C2)cc1. The first-order chi connectivity index (χ1) is 12.0. The fourth-order valence-corrected chi connectivity index (χ4v) is 3.26. The highest BCUT2D eigenvalue weighted by molar-refractivity contribution is 6.25. The first-order valence-electron chi connectivity index (χ1n) is 8.25. The van der Waals surface area contributed by atoms with Gasteiger partial charge in [0.15, 0.2) is 0 Å². The zero-order valence-corrected chi connectivity index (χ0v) is 14.2. The number of carbonyl (C=O) groups is 2. The van der Waals surface area contributed by atoms with Crippen LogP contribution in [0.15, 0.2) is 53.7 Å². The summed E-state index contributed by atoms with van der Waals surface area (Å²) in [5.74, 6) is -0.596. The van der Waals surface area contributed by atoms with Gasteiger partial charge >= 0.3 is 0 Å². The molecular weight excluding hydrogens is 316 g/mol. The van der Waals surface area contributed by atoms with Crippen molar-refractivity contribution in [1.29, 1.82) is 0 Å². The molecular formula is C20H18N2O3. The third kappa shape index (κ3) is 2.52. The van der Waals surface area contributed by atoms with Crippen LogP contribution in [0.1, 0.15) is 29.5 Å². The third-order valence-electron chi connectivity index (χ3n) is 4.74. The van der Waals surface area contributed by atoms with Gasteiger partial charge in [0.25, 0.3) is 5.91 Å². The minimum atomic E-state index is -1.21. The van der Waals surface area contributed by atoms with E-state index in [1.165, 1.54) is 4.90 Å². The van der Waals surface area contributed by atoms with Gasteiger partial charge in [-0.15, -0.1) is 0 Å². The van der Waals surface area contributed by atoms with E-state index >= 15 is 0 Å². The smallest absolute Gasteiger partial charge is 0.281 e. The van der Waals surface area contributed by atoms with Crippen molar-refractivity contribution in [3.05, 3.63) is 65.2 Å². The molecule has 5 nitrogen and oxygen atoms in total. The molecule has 2 aliphatic heterocycles. The number of hydrogen-bond acceptors (Lipinski definition) is 4. The van der Waals surface area contributed by atoms with Crippen LogP contribution in [-0.4, -0.2) is 23.1 Å². The minimum Gasteiger partial charge on any atom is -0.378 e. The fraction of sp³-hybridized carbons (Fsp3) is 0.250. The van der Waals surface area contributed by atoms with E-state index in [0.717, 1.165) is 16.7 Å². The van der Waals surface area contributed by atoms with E-state index < -0.39 is 5.60 Å². The average molecular weight is 334 g/mol. The van der Waals surface area contributed by atoms with Crippen molar-refractivity contribution in [2.45, 2.75) is 32.3 Å². The van der Waals surface area contributed by atoms with Crippen LogP contribution in [-0.2, 0) is 14.4 Å². The molecule has 126 valence electrons. The van der Waals surface area contributed by atoms with Crippen LogP contribution < -0.4 is 4.90 Å². The van der Waals surface area contributed by atoms with Crippen molar-refractivity contribution in [3.63, 3.8) is 0 Å². The molecule has 1 atom stereocenters. The molecule has 5 heteroatoms. The van der Waals surface area contributed by atoms with E-state index in [4.69, 9.17) is 4.84 Å². The second-order valence-corrected chi connectivity index (χ2v) is 6.71. The van der Waals surface area contributed by atoms with E-state index in [1.54, 1.807) is 12.1 Å². The van der Waals surface area contributed by atoms with Gasteiger partial charge in [-0.2, -0.15) is 0 Å². The number of nitrogens with zero attached hydrogens (tertiary/aromatic N) is 2. The highest BCUT2D eigenvalue weighted by Gasteiger charge is 2.57. The van der Waals surface area contributed by atoms with Crippen molar-refractivity contribution in [1.82, 2.24) is 0 Å². The number of carbonyl (C=O) groups excluding carboxylic acids is 2. The number of imide groups is 1. The Morgan fingerprint density at radius 3 is 2.16 bits per heavy atom. The van der Waals surface area contributed by atoms with Gasteiger partial charge in [0.1, 0.15) is 0 Å². The Morgan fingerprint density at radius 2 is 1.52 bits per heavy atom. The summed E-state index contributed by atoms with van der Waals surface area (Å²) in [6.07, 6.45) is 0.321. The lowest BCUT2D eigenvalue weighted by molar-refractivity contribution is -0.136. The summed E-state index contributed by atoms with van der Waals surface area (Å²) in [5, 5.41) is 4.11. The summed E-state index contributed by atoms with van der Waals surface area (Å²) < 4.78 is 0. The summed E-state index contributed by atoms with van der Waals surface area (Å²) in [7, 11) is 0. The predicted molar refractivity (Wildman–Crippen MR) is 94.4 cm³/mol. The van der Waals surface area contributed by atoms with E-state index in [2.05, 4.69) is 5.16 Å². The van der Waals surface area contributed by atoms with Gasteiger partial charge in [-0.25, -0.2) is 4.90 Å². The van der Waals surface area contributed by atoms with E-state index in [-0.39, 0.29) is 18.2 Å². The zero-order chi connectivity index (χ0) is 17.6. The molecule has 1 spiro atoms. The number of amides is 2. The van der Waals surface area contributed by atoms with Crippen LogP contribution in [0.4, 0.5) is 5.69 Å². The van der Waals surface area contributed by atoms with Crippen LogP contribution in [0.2, 0.25) is 0 Å². The number of hydrogen-bond donors (Lipinski definition) is 0. The Balaban J connectivity index is 1.60. The molecule has 1 fully saturated rings. The molecule has 0 N–H and O–H groups in total. The van der Waals surface area contributed by atoms with E-state index in [0.29, 0.717) is 17.8 Å². The Morgan fingerprint density at radius 1 is 0.920 bits per heavy atom. The summed E-state index contributed by atoms with van der Waals surface area (Å²) in [4.78, 5) is 32.2. The van der Waals surface area contributed by atoms with Crippen molar-refractivity contribution >= 4 is 23.2 Å². The van der Waals surface area contributed by atoms with Gasteiger partial charge in [-0.05, 0) is 31.5 Å². The lowest BCUT2D eigenvalue weighted by atomic mass is 9.92. The molecule has 2 amide bonds. The maximum atomic E-state index is 13.0. The molecule has 0 aliphatic carbocycles. The molecule has 0 unspecified atom stereocenters. The molecule has 0 radical (unpaired) electrons. The van der Waals surface area contributed by atoms with Crippen molar-refractivity contribution in [2.75, 3.05) is 4.90 Å². The van der Waals surface area contributed by atoms with Gasteiger partial charge < -0.3 is 4.84 Å². The fourth-order valence-electron chi connectivity index (χ4n) is 3.26. The topological polar surface area (TPSA) is 59.0 Å². The van der Waals surface area contributed by atoms with E-state index in [1.807, 2.05) is 50.2 Å². The normalized spacial score (nSPS) is 22.5. The summed E-state index contributed by atoms with van der Waals surface area (Å²) in [5.41, 5.74) is 3.20. The predicted octanol–water partition coefficient (Wildman–Crippen LogP) is 3.13. The Labute approximate surface area is 145 Å². The molecule has 0 saturated carbocycles. The van der Waals surface area contributed by atoms with Crippen LogP contribution >= 0.6 is 0 Å². The molecule has 2 aromatic rings. The number of benzene rings is 2. The van der Waals surface area contributed by atoms with Gasteiger partial charge in [-0.3, -0.25) is 9.59 Å². The second kappa shape index (κ2) is 5.55. The molecule has 4 rings (SSSR count). The Kier molecular flexibility index (Phi) is 3.46.